The van der Waals surface area contributed by atoms with E-state index in [-0.39, 0.29) is 0 Å². The first-order chi connectivity index (χ1) is 10.7. The van der Waals surface area contributed by atoms with Crippen LogP contribution in [0.1, 0.15) is 50.2 Å². The molecule has 5 heteroatoms. The van der Waals surface area contributed by atoms with E-state index in [4.69, 9.17) is 21.1 Å². The van der Waals surface area contributed by atoms with Crippen LogP contribution in [0.2, 0.25) is 5.02 Å². The number of rotatable bonds is 3. The lowest BCUT2D eigenvalue weighted by atomic mass is 9.84. The van der Waals surface area contributed by atoms with Gasteiger partial charge in [-0.05, 0) is 30.9 Å². The topological polar surface area (TPSA) is 47.9 Å². The van der Waals surface area contributed by atoms with E-state index in [0.717, 1.165) is 55.4 Å². The molecule has 0 saturated heterocycles. The molecular formula is C17H20ClNO3. The van der Waals surface area contributed by atoms with Gasteiger partial charge in [-0.25, -0.2) is 4.79 Å². The summed E-state index contributed by atoms with van der Waals surface area (Å²) in [5.41, 5.74) is 1.56. The first-order valence-corrected chi connectivity index (χ1v) is 8.30. The second kappa shape index (κ2) is 6.31. The quantitative estimate of drug-likeness (QED) is 0.620. The molecule has 1 saturated carbocycles. The zero-order valence-electron chi connectivity index (χ0n) is 12.8. The van der Waals surface area contributed by atoms with Gasteiger partial charge in [-0.15, -0.1) is 0 Å². The smallest absolute Gasteiger partial charge is 0.235 e. The second-order valence-electron chi connectivity index (χ2n) is 5.89. The van der Waals surface area contributed by atoms with Crippen LogP contribution in [0.25, 0.3) is 0 Å². The van der Waals surface area contributed by atoms with Crippen LogP contribution in [0, 0.1) is 0 Å². The largest absolute Gasteiger partial charge is 0.489 e. The Morgan fingerprint density at radius 3 is 2.55 bits per heavy atom. The minimum Gasteiger partial charge on any atom is -0.489 e. The number of carbonyl (C=O) groups excluding carboxylic acids is 1. The van der Waals surface area contributed by atoms with Crippen molar-refractivity contribution in [3.8, 4) is 11.5 Å². The fraction of sp³-hybridized carbons (Fsp3) is 0.588. The van der Waals surface area contributed by atoms with Gasteiger partial charge in [-0.1, -0.05) is 31.4 Å². The van der Waals surface area contributed by atoms with Crippen molar-refractivity contribution in [1.82, 2.24) is 0 Å². The Kier molecular flexibility index (Phi) is 4.42. The van der Waals surface area contributed by atoms with Crippen molar-refractivity contribution in [2.75, 3.05) is 13.2 Å². The van der Waals surface area contributed by atoms with Gasteiger partial charge < -0.3 is 9.47 Å². The van der Waals surface area contributed by atoms with E-state index in [1.807, 2.05) is 6.07 Å². The van der Waals surface area contributed by atoms with Crippen molar-refractivity contribution in [2.45, 2.75) is 51.0 Å². The molecule has 1 aliphatic heterocycles. The molecule has 118 valence electrons. The number of isocyanates is 1. The standard InChI is InChI=1S/C17H20ClNO3/c1-2-12-13(17(19-11-20)6-3-4-7-17)10-14(18)16-15(12)21-8-5-9-22-16/h10H,2-9H2,1H3. The summed E-state index contributed by atoms with van der Waals surface area (Å²) < 4.78 is 11.7. The molecule has 0 aromatic heterocycles. The number of aliphatic imine (C=N–C) groups is 1. The highest BCUT2D eigenvalue weighted by molar-refractivity contribution is 6.32. The Hall–Kier alpha value is -1.51. The molecule has 22 heavy (non-hydrogen) atoms. The maximum absolute atomic E-state index is 11.0. The summed E-state index contributed by atoms with van der Waals surface area (Å²) in [7, 11) is 0. The molecule has 1 heterocycles. The van der Waals surface area contributed by atoms with Gasteiger partial charge in [0.25, 0.3) is 0 Å². The summed E-state index contributed by atoms with van der Waals surface area (Å²) in [5, 5.41) is 0.538. The van der Waals surface area contributed by atoms with Gasteiger partial charge in [-0.2, -0.15) is 4.99 Å². The molecule has 2 aliphatic rings. The van der Waals surface area contributed by atoms with Gasteiger partial charge >= 0.3 is 0 Å². The van der Waals surface area contributed by atoms with Crippen molar-refractivity contribution < 1.29 is 14.3 Å². The lowest BCUT2D eigenvalue weighted by molar-refractivity contribution is 0.296. The van der Waals surface area contributed by atoms with Gasteiger partial charge in [0, 0.05) is 12.0 Å². The number of benzene rings is 1. The van der Waals surface area contributed by atoms with Crippen LogP contribution in [0.3, 0.4) is 0 Å². The second-order valence-corrected chi connectivity index (χ2v) is 6.30. The van der Waals surface area contributed by atoms with E-state index in [0.29, 0.717) is 24.0 Å². The Balaban J connectivity index is 2.21. The van der Waals surface area contributed by atoms with Crippen LogP contribution in [-0.2, 0) is 16.8 Å². The van der Waals surface area contributed by atoms with E-state index < -0.39 is 5.54 Å². The van der Waals surface area contributed by atoms with E-state index in [9.17, 15) is 4.79 Å². The number of ether oxygens (including phenoxy) is 2. The van der Waals surface area contributed by atoms with E-state index in [1.54, 1.807) is 6.08 Å². The van der Waals surface area contributed by atoms with Crippen LogP contribution < -0.4 is 9.47 Å². The van der Waals surface area contributed by atoms with Gasteiger partial charge in [0.15, 0.2) is 11.5 Å². The van der Waals surface area contributed by atoms with Gasteiger partial charge in [0.05, 0.1) is 23.8 Å². The van der Waals surface area contributed by atoms with Crippen molar-refractivity contribution in [2.24, 2.45) is 4.99 Å². The highest BCUT2D eigenvalue weighted by atomic mass is 35.5. The maximum Gasteiger partial charge on any atom is 0.235 e. The van der Waals surface area contributed by atoms with Crippen LogP contribution in [0.15, 0.2) is 11.1 Å². The first kappa shape index (κ1) is 15.4. The van der Waals surface area contributed by atoms with Crippen LogP contribution in [-0.4, -0.2) is 19.3 Å². The molecule has 0 N–H and O–H groups in total. The number of hydrogen-bond donors (Lipinski definition) is 0. The molecule has 1 aromatic rings. The lowest BCUT2D eigenvalue weighted by Crippen LogP contribution is -2.21. The summed E-state index contributed by atoms with van der Waals surface area (Å²) in [5.74, 6) is 1.36. The Labute approximate surface area is 135 Å². The Morgan fingerprint density at radius 2 is 1.91 bits per heavy atom. The van der Waals surface area contributed by atoms with Crippen molar-refractivity contribution in [3.05, 3.63) is 22.2 Å². The van der Waals surface area contributed by atoms with Crippen LogP contribution in [0.4, 0.5) is 0 Å². The summed E-state index contributed by atoms with van der Waals surface area (Å²) in [6.45, 7) is 3.30. The fourth-order valence-electron chi connectivity index (χ4n) is 3.60. The van der Waals surface area contributed by atoms with Crippen LogP contribution in [0.5, 0.6) is 11.5 Å². The van der Waals surface area contributed by atoms with Gasteiger partial charge in [-0.3, -0.25) is 0 Å². The SMILES string of the molecule is CCc1c(C2(N=C=O)CCCC2)cc(Cl)c2c1OCCCO2. The van der Waals surface area contributed by atoms with E-state index in [1.165, 1.54) is 0 Å². The van der Waals surface area contributed by atoms with Crippen LogP contribution >= 0.6 is 11.6 Å². The first-order valence-electron chi connectivity index (χ1n) is 7.92. The third-order valence-corrected chi connectivity index (χ3v) is 4.90. The van der Waals surface area contributed by atoms with E-state index in [2.05, 4.69) is 11.9 Å². The summed E-state index contributed by atoms with van der Waals surface area (Å²) in [6.07, 6.45) is 7.21. The molecule has 0 spiro atoms. The van der Waals surface area contributed by atoms with Crippen molar-refractivity contribution in [3.63, 3.8) is 0 Å². The molecule has 0 radical (unpaired) electrons. The summed E-state index contributed by atoms with van der Waals surface area (Å²) >= 11 is 6.44. The highest BCUT2D eigenvalue weighted by Crippen LogP contribution is 2.50. The predicted molar refractivity (Wildman–Crippen MR) is 84.7 cm³/mol. The molecule has 1 aliphatic carbocycles. The molecular weight excluding hydrogens is 302 g/mol. The van der Waals surface area contributed by atoms with E-state index >= 15 is 0 Å². The third-order valence-electron chi connectivity index (χ3n) is 4.62. The molecule has 0 atom stereocenters. The molecule has 1 fully saturated rings. The normalized spacial score (nSPS) is 19.4. The maximum atomic E-state index is 11.0. The molecule has 0 amide bonds. The summed E-state index contributed by atoms with van der Waals surface area (Å²) in [6, 6.07) is 1.92. The molecule has 0 unspecified atom stereocenters. The monoisotopic (exact) mass is 321 g/mol. The minimum atomic E-state index is -0.499. The molecule has 0 bridgehead atoms. The number of fused-ring (bicyclic) bond motifs is 1. The highest BCUT2D eigenvalue weighted by Gasteiger charge is 2.39. The Bertz CT molecular complexity index is 617. The predicted octanol–water partition coefficient (Wildman–Crippen LogP) is 4.17. The van der Waals surface area contributed by atoms with Crippen molar-refractivity contribution in [1.29, 1.82) is 0 Å². The average Bonchev–Trinajstić information content (AvgIpc) is 2.84. The minimum absolute atomic E-state index is 0.499. The third kappa shape index (κ3) is 2.51. The molecule has 4 nitrogen and oxygen atoms in total. The zero-order valence-corrected chi connectivity index (χ0v) is 13.5. The number of hydrogen-bond acceptors (Lipinski definition) is 4. The fourth-order valence-corrected chi connectivity index (χ4v) is 3.85. The lowest BCUT2D eigenvalue weighted by Gasteiger charge is -2.28. The van der Waals surface area contributed by atoms with Crippen molar-refractivity contribution >= 4 is 17.7 Å². The number of nitrogens with zero attached hydrogens (tertiary/aromatic N) is 1. The average molecular weight is 322 g/mol. The molecule has 1 aromatic carbocycles. The Morgan fingerprint density at radius 1 is 1.23 bits per heavy atom. The van der Waals surface area contributed by atoms with Gasteiger partial charge in [0.1, 0.15) is 0 Å². The summed E-state index contributed by atoms with van der Waals surface area (Å²) in [4.78, 5) is 15.2. The van der Waals surface area contributed by atoms with Gasteiger partial charge in [0.2, 0.25) is 6.08 Å². The zero-order chi connectivity index (χ0) is 15.6. The molecule has 3 rings (SSSR count). The number of halogens is 1.